The summed E-state index contributed by atoms with van der Waals surface area (Å²) in [7, 11) is 3.41. The number of ether oxygens (including phenoxy) is 2. The maximum Gasteiger partial charge on any atom is 0.410 e. The first-order valence-corrected chi connectivity index (χ1v) is 11.4. The van der Waals surface area contributed by atoms with Crippen LogP contribution >= 0.6 is 11.6 Å². The Morgan fingerprint density at radius 1 is 1.26 bits per heavy atom. The second kappa shape index (κ2) is 8.89. The van der Waals surface area contributed by atoms with E-state index in [-0.39, 0.29) is 18.1 Å². The molecule has 0 bridgehead atoms. The minimum atomic E-state index is -0.456. The summed E-state index contributed by atoms with van der Waals surface area (Å²) < 4.78 is 11.6. The lowest BCUT2D eigenvalue weighted by Crippen LogP contribution is -2.42. The van der Waals surface area contributed by atoms with Crippen molar-refractivity contribution in [3.63, 3.8) is 0 Å². The fourth-order valence-corrected chi connectivity index (χ4v) is 4.75. The van der Waals surface area contributed by atoms with Crippen LogP contribution in [-0.2, 0) is 4.74 Å². The van der Waals surface area contributed by atoms with Crippen molar-refractivity contribution in [1.29, 1.82) is 0 Å². The Hall–Kier alpha value is -1.95. The van der Waals surface area contributed by atoms with E-state index in [0.29, 0.717) is 27.7 Å². The summed E-state index contributed by atoms with van der Waals surface area (Å²) in [5.74, 6) is 1.18. The van der Waals surface area contributed by atoms with E-state index in [0.717, 1.165) is 32.4 Å². The SMILES string of the molecule is CC(C[C@H]1CC12CCN(C(=O)OC(C)(C)C)CC2)Oc1ccc(C(=O)N(C)C)c(Cl)c1. The molecule has 3 rings (SSSR count). The minimum Gasteiger partial charge on any atom is -0.491 e. The van der Waals surface area contributed by atoms with Crippen molar-refractivity contribution in [3.8, 4) is 5.75 Å². The topological polar surface area (TPSA) is 59.1 Å². The van der Waals surface area contributed by atoms with Crippen molar-refractivity contribution >= 4 is 23.6 Å². The molecule has 0 N–H and O–H groups in total. The second-order valence-electron chi connectivity index (χ2n) is 10.2. The third kappa shape index (κ3) is 5.85. The lowest BCUT2D eigenvalue weighted by atomic mass is 9.89. The number of halogens is 1. The van der Waals surface area contributed by atoms with E-state index in [4.69, 9.17) is 21.1 Å². The minimum absolute atomic E-state index is 0.0553. The first-order valence-electron chi connectivity index (χ1n) is 11.1. The van der Waals surface area contributed by atoms with Gasteiger partial charge in [-0.2, -0.15) is 0 Å². The molecule has 2 aliphatic rings. The van der Waals surface area contributed by atoms with Gasteiger partial charge in [-0.05, 0) is 82.9 Å². The third-order valence-electron chi connectivity index (χ3n) is 6.30. The van der Waals surface area contributed by atoms with Crippen molar-refractivity contribution < 1.29 is 19.1 Å². The van der Waals surface area contributed by atoms with E-state index in [9.17, 15) is 9.59 Å². The molecule has 31 heavy (non-hydrogen) atoms. The summed E-state index contributed by atoms with van der Waals surface area (Å²) in [4.78, 5) is 27.8. The number of nitrogens with zero attached hydrogens (tertiary/aromatic N) is 2. The Morgan fingerprint density at radius 2 is 1.90 bits per heavy atom. The molecule has 1 spiro atoms. The van der Waals surface area contributed by atoms with Gasteiger partial charge in [-0.3, -0.25) is 4.79 Å². The Labute approximate surface area is 190 Å². The first-order chi connectivity index (χ1) is 14.4. The predicted octanol–water partition coefficient (Wildman–Crippen LogP) is 5.24. The lowest BCUT2D eigenvalue weighted by Gasteiger charge is -2.34. The van der Waals surface area contributed by atoms with E-state index in [2.05, 4.69) is 6.92 Å². The molecule has 1 unspecified atom stereocenters. The highest BCUT2D eigenvalue weighted by molar-refractivity contribution is 6.34. The number of carbonyl (C=O) groups excluding carboxylic acids is 2. The van der Waals surface area contributed by atoms with E-state index in [1.807, 2.05) is 25.7 Å². The van der Waals surface area contributed by atoms with Crippen LogP contribution in [0, 0.1) is 11.3 Å². The van der Waals surface area contributed by atoms with Crippen LogP contribution in [-0.4, -0.2) is 60.7 Å². The van der Waals surface area contributed by atoms with E-state index in [1.165, 1.54) is 11.3 Å². The fourth-order valence-electron chi connectivity index (χ4n) is 4.50. The maximum absolute atomic E-state index is 12.3. The number of rotatable bonds is 5. The number of hydrogen-bond donors (Lipinski definition) is 0. The molecule has 1 saturated carbocycles. The van der Waals surface area contributed by atoms with E-state index < -0.39 is 5.60 Å². The molecule has 2 atom stereocenters. The zero-order valence-corrected chi connectivity index (χ0v) is 20.3. The van der Waals surface area contributed by atoms with E-state index in [1.54, 1.807) is 32.3 Å². The van der Waals surface area contributed by atoms with Gasteiger partial charge in [0.15, 0.2) is 0 Å². The van der Waals surface area contributed by atoms with Gasteiger partial charge in [0.25, 0.3) is 5.91 Å². The number of benzene rings is 1. The lowest BCUT2D eigenvalue weighted by molar-refractivity contribution is 0.0161. The Kier molecular flexibility index (Phi) is 6.80. The van der Waals surface area contributed by atoms with Crippen molar-refractivity contribution in [2.75, 3.05) is 27.2 Å². The van der Waals surface area contributed by atoms with Crippen molar-refractivity contribution in [2.45, 2.75) is 65.1 Å². The molecule has 172 valence electrons. The Morgan fingerprint density at radius 3 is 2.45 bits per heavy atom. The van der Waals surface area contributed by atoms with Gasteiger partial charge in [0, 0.05) is 27.2 Å². The molecular formula is C24H35ClN2O4. The van der Waals surface area contributed by atoms with Gasteiger partial charge in [0.1, 0.15) is 11.4 Å². The molecule has 1 aromatic carbocycles. The van der Waals surface area contributed by atoms with Crippen LogP contribution in [0.5, 0.6) is 5.75 Å². The predicted molar refractivity (Wildman–Crippen MR) is 122 cm³/mol. The van der Waals surface area contributed by atoms with Crippen LogP contribution in [0.3, 0.4) is 0 Å². The van der Waals surface area contributed by atoms with Crippen LogP contribution in [0.2, 0.25) is 5.02 Å². The number of amides is 2. The van der Waals surface area contributed by atoms with Crippen molar-refractivity contribution in [2.24, 2.45) is 11.3 Å². The van der Waals surface area contributed by atoms with Crippen LogP contribution in [0.1, 0.15) is 63.7 Å². The molecule has 0 aromatic heterocycles. The highest BCUT2D eigenvalue weighted by atomic mass is 35.5. The summed E-state index contributed by atoms with van der Waals surface area (Å²) in [6, 6.07) is 5.25. The highest BCUT2D eigenvalue weighted by Gasteiger charge is 2.55. The summed E-state index contributed by atoms with van der Waals surface area (Å²) in [5.41, 5.74) is 0.363. The molecule has 1 heterocycles. The first kappa shape index (κ1) is 23.7. The molecular weight excluding hydrogens is 416 g/mol. The maximum atomic E-state index is 12.3. The smallest absolute Gasteiger partial charge is 0.410 e. The van der Waals surface area contributed by atoms with Crippen LogP contribution in [0.25, 0.3) is 0 Å². The van der Waals surface area contributed by atoms with Gasteiger partial charge in [-0.25, -0.2) is 4.79 Å². The van der Waals surface area contributed by atoms with Gasteiger partial charge in [0.05, 0.1) is 16.7 Å². The molecule has 1 aliphatic heterocycles. The summed E-state index contributed by atoms with van der Waals surface area (Å²) in [6.07, 6.45) is 4.07. The number of piperidine rings is 1. The molecule has 1 saturated heterocycles. The Balaban J connectivity index is 1.48. The quantitative estimate of drug-likeness (QED) is 0.615. The number of hydrogen-bond acceptors (Lipinski definition) is 4. The fraction of sp³-hybridized carbons (Fsp3) is 0.667. The van der Waals surface area contributed by atoms with Crippen molar-refractivity contribution in [1.82, 2.24) is 9.80 Å². The van der Waals surface area contributed by atoms with Gasteiger partial charge < -0.3 is 19.3 Å². The summed E-state index contributed by atoms with van der Waals surface area (Å²) >= 11 is 6.30. The summed E-state index contributed by atoms with van der Waals surface area (Å²) in [5, 5.41) is 0.404. The highest BCUT2D eigenvalue weighted by Crippen LogP contribution is 2.61. The number of carbonyl (C=O) groups is 2. The third-order valence-corrected chi connectivity index (χ3v) is 6.61. The molecule has 0 radical (unpaired) electrons. The van der Waals surface area contributed by atoms with Crippen LogP contribution in [0.4, 0.5) is 4.79 Å². The molecule has 2 amide bonds. The molecule has 7 heteroatoms. The van der Waals surface area contributed by atoms with Crippen molar-refractivity contribution in [3.05, 3.63) is 28.8 Å². The average Bonchev–Trinajstić information content (AvgIpc) is 3.30. The largest absolute Gasteiger partial charge is 0.491 e. The van der Waals surface area contributed by atoms with Gasteiger partial charge in [-0.1, -0.05) is 11.6 Å². The monoisotopic (exact) mass is 450 g/mol. The molecule has 6 nitrogen and oxygen atoms in total. The van der Waals surface area contributed by atoms with Gasteiger partial charge in [0.2, 0.25) is 0 Å². The average molecular weight is 451 g/mol. The zero-order chi connectivity index (χ0) is 23.0. The van der Waals surface area contributed by atoms with Crippen LogP contribution in [0.15, 0.2) is 18.2 Å². The second-order valence-corrected chi connectivity index (χ2v) is 10.6. The summed E-state index contributed by atoms with van der Waals surface area (Å²) in [6.45, 7) is 9.30. The molecule has 1 aromatic rings. The zero-order valence-electron chi connectivity index (χ0n) is 19.5. The molecule has 1 aliphatic carbocycles. The Bertz CT molecular complexity index is 825. The van der Waals surface area contributed by atoms with Crippen LogP contribution < -0.4 is 4.74 Å². The number of likely N-dealkylation sites (tertiary alicyclic amines) is 1. The normalized spacial score (nSPS) is 20.9. The van der Waals surface area contributed by atoms with Gasteiger partial charge >= 0.3 is 6.09 Å². The van der Waals surface area contributed by atoms with Gasteiger partial charge in [-0.15, -0.1) is 0 Å². The molecule has 2 fully saturated rings. The van der Waals surface area contributed by atoms with E-state index >= 15 is 0 Å². The standard InChI is InChI=1S/C24H35ClN2O4/c1-16(30-18-7-8-19(20(25)14-18)21(28)26(5)6)13-17-15-24(17)9-11-27(12-10-24)22(29)31-23(2,3)4/h7-8,14,16-17H,9-13,15H2,1-6H3/t16?,17-/m0/s1.